The maximum atomic E-state index is 12.3. The Kier molecular flexibility index (Phi) is 4.72. The number of nitrogens with zero attached hydrogens (tertiary/aromatic N) is 2. The molecule has 1 saturated heterocycles. The molecule has 0 saturated carbocycles. The minimum Gasteiger partial charge on any atom is -0.396 e. The normalized spacial score (nSPS) is 19.9. The highest BCUT2D eigenvalue weighted by Crippen LogP contribution is 2.21. The number of hydrogen-bond donors (Lipinski definition) is 1. The average molecular weight is 313 g/mol. The number of amides is 1. The van der Waals surface area contributed by atoms with Crippen LogP contribution in [-0.4, -0.2) is 40.6 Å². The molecule has 1 atom stereocenters. The van der Waals surface area contributed by atoms with Crippen molar-refractivity contribution in [3.05, 3.63) is 28.5 Å². The number of aliphatic hydroxyl groups excluding tert-OH is 1. The summed E-state index contributed by atoms with van der Waals surface area (Å²) in [6.07, 6.45) is 4.53. The quantitative estimate of drug-likeness (QED) is 0.869. The van der Waals surface area contributed by atoms with E-state index < -0.39 is 0 Å². The van der Waals surface area contributed by atoms with Crippen LogP contribution in [0.15, 0.2) is 22.9 Å². The molecule has 2 rings (SSSR count). The van der Waals surface area contributed by atoms with Gasteiger partial charge < -0.3 is 10.0 Å². The molecule has 98 valence electrons. The second-order valence-electron chi connectivity index (χ2n) is 4.64. The van der Waals surface area contributed by atoms with Crippen molar-refractivity contribution in [2.45, 2.75) is 19.3 Å². The summed E-state index contributed by atoms with van der Waals surface area (Å²) in [6.45, 7) is 1.76. The molecule has 0 radical (unpaired) electrons. The van der Waals surface area contributed by atoms with E-state index in [1.54, 1.807) is 18.3 Å². The molecular formula is C13H17BrN2O2. The molecule has 1 aliphatic rings. The van der Waals surface area contributed by atoms with Gasteiger partial charge in [0.2, 0.25) is 0 Å². The number of piperidine rings is 1. The Morgan fingerprint density at radius 1 is 1.61 bits per heavy atom. The Morgan fingerprint density at radius 3 is 3.17 bits per heavy atom. The van der Waals surface area contributed by atoms with Crippen molar-refractivity contribution in [3.63, 3.8) is 0 Å². The summed E-state index contributed by atoms with van der Waals surface area (Å²) in [5, 5.41) is 8.98. The molecule has 2 heterocycles. The molecule has 0 aromatic carbocycles. The predicted molar refractivity (Wildman–Crippen MR) is 72.3 cm³/mol. The summed E-state index contributed by atoms with van der Waals surface area (Å²) >= 11 is 3.28. The van der Waals surface area contributed by atoms with Gasteiger partial charge in [-0.3, -0.25) is 4.79 Å². The van der Waals surface area contributed by atoms with E-state index in [0.717, 1.165) is 32.4 Å². The number of aromatic nitrogens is 1. The van der Waals surface area contributed by atoms with Gasteiger partial charge in [-0.05, 0) is 53.2 Å². The van der Waals surface area contributed by atoms with E-state index in [1.807, 2.05) is 4.90 Å². The van der Waals surface area contributed by atoms with Crippen LogP contribution in [0.2, 0.25) is 0 Å². The van der Waals surface area contributed by atoms with Gasteiger partial charge in [0.05, 0.1) is 0 Å². The number of pyridine rings is 1. The first-order valence-corrected chi connectivity index (χ1v) is 7.01. The minimum atomic E-state index is 0.0562. The predicted octanol–water partition coefficient (Wildman–Crippen LogP) is 2.08. The fraction of sp³-hybridized carbons (Fsp3) is 0.538. The van der Waals surface area contributed by atoms with Crippen LogP contribution in [-0.2, 0) is 0 Å². The molecule has 0 spiro atoms. The van der Waals surface area contributed by atoms with Gasteiger partial charge in [-0.1, -0.05) is 0 Å². The lowest BCUT2D eigenvalue weighted by Gasteiger charge is -2.32. The van der Waals surface area contributed by atoms with Crippen LogP contribution < -0.4 is 0 Å². The van der Waals surface area contributed by atoms with E-state index in [4.69, 9.17) is 5.11 Å². The van der Waals surface area contributed by atoms with Crippen molar-refractivity contribution in [2.75, 3.05) is 19.7 Å². The summed E-state index contributed by atoms with van der Waals surface area (Å²) in [4.78, 5) is 18.2. The molecular weight excluding hydrogens is 296 g/mol. The van der Waals surface area contributed by atoms with E-state index in [0.29, 0.717) is 16.1 Å². The smallest absolute Gasteiger partial charge is 0.254 e. The molecule has 1 N–H and O–H groups in total. The molecule has 18 heavy (non-hydrogen) atoms. The molecule has 1 unspecified atom stereocenters. The fourth-order valence-corrected chi connectivity index (χ4v) is 2.75. The van der Waals surface area contributed by atoms with Crippen LogP contribution in [0.25, 0.3) is 0 Å². The molecule has 1 fully saturated rings. The van der Waals surface area contributed by atoms with Gasteiger partial charge in [0.15, 0.2) is 0 Å². The third kappa shape index (κ3) is 3.29. The van der Waals surface area contributed by atoms with Crippen LogP contribution in [0.3, 0.4) is 0 Å². The standard InChI is InChI=1S/C13H17BrN2O2/c14-12-8-11(3-5-15-12)13(18)16-6-1-2-10(9-16)4-7-17/h3,5,8,10,17H,1-2,4,6-7,9H2. The van der Waals surface area contributed by atoms with Gasteiger partial charge in [0.1, 0.15) is 4.60 Å². The largest absolute Gasteiger partial charge is 0.396 e. The second-order valence-corrected chi connectivity index (χ2v) is 5.45. The highest BCUT2D eigenvalue weighted by Gasteiger charge is 2.24. The maximum Gasteiger partial charge on any atom is 0.254 e. The SMILES string of the molecule is O=C(c1ccnc(Br)c1)N1CCCC(CCO)C1. The van der Waals surface area contributed by atoms with E-state index >= 15 is 0 Å². The van der Waals surface area contributed by atoms with Crippen molar-refractivity contribution >= 4 is 21.8 Å². The van der Waals surface area contributed by atoms with Crippen molar-refractivity contribution in [3.8, 4) is 0 Å². The molecule has 4 nitrogen and oxygen atoms in total. The van der Waals surface area contributed by atoms with Gasteiger partial charge in [-0.25, -0.2) is 4.98 Å². The summed E-state index contributed by atoms with van der Waals surface area (Å²) in [6, 6.07) is 3.49. The topological polar surface area (TPSA) is 53.4 Å². The maximum absolute atomic E-state index is 12.3. The molecule has 0 bridgehead atoms. The zero-order valence-corrected chi connectivity index (χ0v) is 11.8. The van der Waals surface area contributed by atoms with Gasteiger partial charge in [0, 0.05) is 31.5 Å². The molecule has 1 aromatic rings. The average Bonchev–Trinajstić information content (AvgIpc) is 2.39. The van der Waals surface area contributed by atoms with Crippen LogP contribution in [0.1, 0.15) is 29.6 Å². The zero-order chi connectivity index (χ0) is 13.0. The van der Waals surface area contributed by atoms with Crippen LogP contribution in [0.5, 0.6) is 0 Å². The van der Waals surface area contributed by atoms with Crippen molar-refractivity contribution < 1.29 is 9.90 Å². The lowest BCUT2D eigenvalue weighted by atomic mass is 9.95. The Balaban J connectivity index is 2.04. The molecule has 0 aliphatic carbocycles. The summed E-state index contributed by atoms with van der Waals surface area (Å²) in [5.74, 6) is 0.485. The Labute approximate surface area is 115 Å². The second kappa shape index (κ2) is 6.29. The lowest BCUT2D eigenvalue weighted by Crippen LogP contribution is -2.40. The molecule has 1 aliphatic heterocycles. The first kappa shape index (κ1) is 13.5. The molecule has 1 amide bonds. The van der Waals surface area contributed by atoms with Gasteiger partial charge in [-0.15, -0.1) is 0 Å². The minimum absolute atomic E-state index is 0.0562. The molecule has 1 aromatic heterocycles. The van der Waals surface area contributed by atoms with Crippen LogP contribution in [0, 0.1) is 5.92 Å². The summed E-state index contributed by atoms with van der Waals surface area (Å²) in [7, 11) is 0. The Hall–Kier alpha value is -0.940. The number of carbonyl (C=O) groups excluding carboxylic acids is 1. The molecule has 5 heteroatoms. The summed E-state index contributed by atoms with van der Waals surface area (Å²) in [5.41, 5.74) is 0.668. The lowest BCUT2D eigenvalue weighted by molar-refractivity contribution is 0.0653. The zero-order valence-electron chi connectivity index (χ0n) is 10.2. The number of halogens is 1. The monoisotopic (exact) mass is 312 g/mol. The van der Waals surface area contributed by atoms with Gasteiger partial charge >= 0.3 is 0 Å². The number of carbonyl (C=O) groups is 1. The fourth-order valence-electron chi connectivity index (χ4n) is 2.39. The first-order chi connectivity index (χ1) is 8.70. The number of hydrogen-bond acceptors (Lipinski definition) is 3. The number of likely N-dealkylation sites (tertiary alicyclic amines) is 1. The van der Waals surface area contributed by atoms with Gasteiger partial charge in [-0.2, -0.15) is 0 Å². The van der Waals surface area contributed by atoms with Crippen molar-refractivity contribution in [1.82, 2.24) is 9.88 Å². The van der Waals surface area contributed by atoms with E-state index in [-0.39, 0.29) is 12.5 Å². The third-order valence-corrected chi connectivity index (χ3v) is 3.75. The van der Waals surface area contributed by atoms with E-state index in [9.17, 15) is 4.79 Å². The van der Waals surface area contributed by atoms with Crippen LogP contribution in [0.4, 0.5) is 0 Å². The Morgan fingerprint density at radius 2 is 2.44 bits per heavy atom. The van der Waals surface area contributed by atoms with Gasteiger partial charge in [0.25, 0.3) is 5.91 Å². The summed E-state index contributed by atoms with van der Waals surface area (Å²) < 4.78 is 0.678. The highest BCUT2D eigenvalue weighted by molar-refractivity contribution is 9.10. The number of rotatable bonds is 3. The first-order valence-electron chi connectivity index (χ1n) is 6.22. The third-order valence-electron chi connectivity index (χ3n) is 3.32. The number of aliphatic hydroxyl groups is 1. The highest BCUT2D eigenvalue weighted by atomic mass is 79.9. The van der Waals surface area contributed by atoms with Crippen LogP contribution >= 0.6 is 15.9 Å². The Bertz CT molecular complexity index is 423. The van der Waals surface area contributed by atoms with Crippen molar-refractivity contribution in [1.29, 1.82) is 0 Å². The van der Waals surface area contributed by atoms with Crippen molar-refractivity contribution in [2.24, 2.45) is 5.92 Å². The van der Waals surface area contributed by atoms with E-state index in [2.05, 4.69) is 20.9 Å². The van der Waals surface area contributed by atoms with E-state index in [1.165, 1.54) is 0 Å².